The molecule has 0 atom stereocenters. The summed E-state index contributed by atoms with van der Waals surface area (Å²) in [7, 11) is 0. The Kier molecular flexibility index (Phi) is 7.60. The molecule has 0 saturated heterocycles. The Hall–Kier alpha value is -4.30. The van der Waals surface area contributed by atoms with Gasteiger partial charge in [-0.25, -0.2) is 0 Å². The minimum atomic E-state index is -0.317. The Morgan fingerprint density at radius 1 is 0.474 bits per heavy atom. The van der Waals surface area contributed by atoms with Crippen molar-refractivity contribution in [3.05, 3.63) is 166 Å². The van der Waals surface area contributed by atoms with Crippen molar-refractivity contribution in [2.75, 3.05) is 0 Å². The fourth-order valence-electron chi connectivity index (χ4n) is 5.15. The SMILES string of the molecule is CC(C)c1ccc(C(c2cc(Cc3ccccc3)ccc2O)c2cc(Cc3ccccc3)ccc2O)cc1. The van der Waals surface area contributed by atoms with Crippen LogP contribution in [0.5, 0.6) is 11.5 Å². The highest BCUT2D eigenvalue weighted by Crippen LogP contribution is 2.42. The number of benzene rings is 5. The molecule has 0 aromatic heterocycles. The first kappa shape index (κ1) is 25.4. The van der Waals surface area contributed by atoms with E-state index in [1.165, 1.54) is 16.7 Å². The monoisotopic (exact) mass is 498 g/mol. The van der Waals surface area contributed by atoms with Gasteiger partial charge in [-0.3, -0.25) is 0 Å². The van der Waals surface area contributed by atoms with Crippen LogP contribution >= 0.6 is 0 Å². The molecular formula is C36H34O2. The third-order valence-corrected chi connectivity index (χ3v) is 7.24. The molecule has 0 aliphatic rings. The number of hydrogen-bond donors (Lipinski definition) is 2. The van der Waals surface area contributed by atoms with Crippen molar-refractivity contribution in [3.8, 4) is 11.5 Å². The minimum absolute atomic E-state index is 0.229. The number of phenols is 2. The molecule has 0 aliphatic heterocycles. The standard InChI is InChI=1S/C36H34O2/c1-25(2)30-15-17-31(18-16-30)36(32-23-28(13-19-34(32)37)21-26-9-5-3-6-10-26)33-24-29(14-20-35(33)38)22-27-11-7-4-8-12-27/h3-20,23-25,36-38H,21-22H2,1-2H3. The lowest BCUT2D eigenvalue weighted by Crippen LogP contribution is -2.07. The fraction of sp³-hybridized carbons (Fsp3) is 0.167. The van der Waals surface area contributed by atoms with Crippen LogP contribution in [0.4, 0.5) is 0 Å². The highest BCUT2D eigenvalue weighted by Gasteiger charge is 2.24. The van der Waals surface area contributed by atoms with Crippen molar-refractivity contribution >= 4 is 0 Å². The van der Waals surface area contributed by atoms with Crippen molar-refractivity contribution in [2.45, 2.75) is 38.5 Å². The van der Waals surface area contributed by atoms with Crippen molar-refractivity contribution in [3.63, 3.8) is 0 Å². The first-order valence-electron chi connectivity index (χ1n) is 13.3. The number of phenolic OH excluding ortho intramolecular Hbond substituents is 2. The van der Waals surface area contributed by atoms with Gasteiger partial charge >= 0.3 is 0 Å². The molecule has 190 valence electrons. The van der Waals surface area contributed by atoms with Crippen LogP contribution in [0.15, 0.2) is 121 Å². The topological polar surface area (TPSA) is 40.5 Å². The van der Waals surface area contributed by atoms with Crippen molar-refractivity contribution in [2.24, 2.45) is 0 Å². The molecule has 0 fully saturated rings. The van der Waals surface area contributed by atoms with E-state index in [9.17, 15) is 10.2 Å². The Bertz CT molecular complexity index is 1400. The smallest absolute Gasteiger partial charge is 0.119 e. The van der Waals surface area contributed by atoms with Crippen LogP contribution in [0.3, 0.4) is 0 Å². The maximum absolute atomic E-state index is 11.2. The van der Waals surface area contributed by atoms with Gasteiger partial charge in [0, 0.05) is 17.0 Å². The maximum Gasteiger partial charge on any atom is 0.119 e. The van der Waals surface area contributed by atoms with Gasteiger partial charge in [-0.1, -0.05) is 123 Å². The van der Waals surface area contributed by atoms with Crippen LogP contribution < -0.4 is 0 Å². The Balaban J connectivity index is 1.61. The highest BCUT2D eigenvalue weighted by molar-refractivity contribution is 5.55. The van der Waals surface area contributed by atoms with Gasteiger partial charge in [0.15, 0.2) is 0 Å². The van der Waals surface area contributed by atoms with E-state index in [1.54, 1.807) is 12.1 Å². The molecule has 38 heavy (non-hydrogen) atoms. The zero-order valence-corrected chi connectivity index (χ0v) is 22.0. The summed E-state index contributed by atoms with van der Waals surface area (Å²) in [6, 6.07) is 41.0. The molecule has 5 rings (SSSR count). The van der Waals surface area contributed by atoms with Crippen LogP contribution in [-0.2, 0) is 12.8 Å². The average molecular weight is 499 g/mol. The van der Waals surface area contributed by atoms with E-state index >= 15 is 0 Å². The molecule has 2 heteroatoms. The molecule has 0 heterocycles. The van der Waals surface area contributed by atoms with Crippen LogP contribution in [0.2, 0.25) is 0 Å². The molecule has 5 aromatic carbocycles. The van der Waals surface area contributed by atoms with Gasteiger partial charge in [0.2, 0.25) is 0 Å². The summed E-state index contributed by atoms with van der Waals surface area (Å²) in [4.78, 5) is 0. The lowest BCUT2D eigenvalue weighted by Gasteiger charge is -2.23. The second kappa shape index (κ2) is 11.4. The second-order valence-corrected chi connectivity index (χ2v) is 10.4. The van der Waals surface area contributed by atoms with Gasteiger partial charge < -0.3 is 10.2 Å². The summed E-state index contributed by atoms with van der Waals surface area (Å²) in [5.41, 5.74) is 8.56. The molecule has 0 aliphatic carbocycles. The first-order valence-corrected chi connectivity index (χ1v) is 13.3. The van der Waals surface area contributed by atoms with Crippen LogP contribution in [-0.4, -0.2) is 10.2 Å². The van der Waals surface area contributed by atoms with E-state index in [2.05, 4.69) is 74.5 Å². The Morgan fingerprint density at radius 3 is 1.32 bits per heavy atom. The highest BCUT2D eigenvalue weighted by atomic mass is 16.3. The van der Waals surface area contributed by atoms with E-state index in [-0.39, 0.29) is 17.4 Å². The number of aromatic hydroxyl groups is 2. The summed E-state index contributed by atoms with van der Waals surface area (Å²) in [5.74, 6) is 0.565. The quantitative estimate of drug-likeness (QED) is 0.210. The summed E-state index contributed by atoms with van der Waals surface area (Å²) in [6.45, 7) is 4.37. The molecular weight excluding hydrogens is 464 g/mol. The van der Waals surface area contributed by atoms with E-state index in [0.29, 0.717) is 5.92 Å². The summed E-state index contributed by atoms with van der Waals surface area (Å²) in [6.07, 6.45) is 1.54. The fourth-order valence-corrected chi connectivity index (χ4v) is 5.15. The lowest BCUT2D eigenvalue weighted by molar-refractivity contribution is 0.458. The maximum atomic E-state index is 11.2. The Morgan fingerprint density at radius 2 is 0.895 bits per heavy atom. The van der Waals surface area contributed by atoms with E-state index < -0.39 is 0 Å². The summed E-state index contributed by atoms with van der Waals surface area (Å²) in [5, 5.41) is 22.3. The molecule has 0 spiro atoms. The van der Waals surface area contributed by atoms with Gasteiger partial charge in [-0.15, -0.1) is 0 Å². The van der Waals surface area contributed by atoms with Gasteiger partial charge in [0.25, 0.3) is 0 Å². The van der Waals surface area contributed by atoms with Crippen LogP contribution in [0.25, 0.3) is 0 Å². The molecule has 2 N–H and O–H groups in total. The number of rotatable bonds is 8. The third-order valence-electron chi connectivity index (χ3n) is 7.24. The van der Waals surface area contributed by atoms with Crippen molar-refractivity contribution < 1.29 is 10.2 Å². The molecule has 0 saturated carbocycles. The van der Waals surface area contributed by atoms with Gasteiger partial charge in [-0.05, 0) is 64.3 Å². The van der Waals surface area contributed by atoms with Gasteiger partial charge in [0.05, 0.1) is 0 Å². The molecule has 0 amide bonds. The van der Waals surface area contributed by atoms with E-state index in [1.807, 2.05) is 48.5 Å². The van der Waals surface area contributed by atoms with E-state index in [0.717, 1.165) is 40.7 Å². The first-order chi connectivity index (χ1) is 18.5. The molecule has 0 radical (unpaired) electrons. The average Bonchev–Trinajstić information content (AvgIpc) is 2.94. The Labute approximate surface area is 225 Å². The molecule has 0 bridgehead atoms. The summed E-state index contributed by atoms with van der Waals surface area (Å²) >= 11 is 0. The van der Waals surface area contributed by atoms with Gasteiger partial charge in [-0.2, -0.15) is 0 Å². The normalized spacial score (nSPS) is 11.3. The van der Waals surface area contributed by atoms with Crippen molar-refractivity contribution in [1.29, 1.82) is 0 Å². The predicted octanol–water partition coefficient (Wildman–Crippen LogP) is 8.58. The third kappa shape index (κ3) is 5.81. The predicted molar refractivity (Wildman–Crippen MR) is 156 cm³/mol. The molecule has 5 aromatic rings. The van der Waals surface area contributed by atoms with Crippen LogP contribution in [0.1, 0.15) is 70.2 Å². The zero-order chi connectivity index (χ0) is 26.5. The zero-order valence-electron chi connectivity index (χ0n) is 22.0. The lowest BCUT2D eigenvalue weighted by atomic mass is 9.81. The summed E-state index contributed by atoms with van der Waals surface area (Å²) < 4.78 is 0. The molecule has 0 unspecified atom stereocenters. The minimum Gasteiger partial charge on any atom is -0.508 e. The number of hydrogen-bond acceptors (Lipinski definition) is 2. The second-order valence-electron chi connectivity index (χ2n) is 10.4. The van der Waals surface area contributed by atoms with Gasteiger partial charge in [0.1, 0.15) is 11.5 Å². The van der Waals surface area contributed by atoms with Crippen molar-refractivity contribution in [1.82, 2.24) is 0 Å². The molecule has 2 nitrogen and oxygen atoms in total. The largest absolute Gasteiger partial charge is 0.508 e. The van der Waals surface area contributed by atoms with Crippen LogP contribution in [0, 0.1) is 0 Å². The van der Waals surface area contributed by atoms with E-state index in [4.69, 9.17) is 0 Å².